The summed E-state index contributed by atoms with van der Waals surface area (Å²) in [6.07, 6.45) is 1.50. The number of pyridine rings is 1. The standard InChI is InChI=1S/C27H31N5O2S/c33-35(34,25-3-1-2-23(8-25)31-14-19-9-28-10-20(19)15-31)26-7-18-6-24(4-5-27(18)30-13-26)32-16-21-11-29-12-22(21)17-32/h1-8,13,19-22,28-29H,9-12,14-17H2. The molecule has 35 heavy (non-hydrogen) atoms. The van der Waals surface area contributed by atoms with E-state index in [0.717, 1.165) is 74.6 Å². The van der Waals surface area contributed by atoms with E-state index in [1.807, 2.05) is 24.3 Å². The first-order valence-electron chi connectivity index (χ1n) is 12.7. The normalized spacial score (nSPS) is 28.1. The van der Waals surface area contributed by atoms with Crippen molar-refractivity contribution in [1.29, 1.82) is 0 Å². The lowest BCUT2D eigenvalue weighted by Gasteiger charge is -2.21. The summed E-state index contributed by atoms with van der Waals surface area (Å²) in [4.78, 5) is 9.87. The molecule has 3 aromatic rings. The molecular weight excluding hydrogens is 458 g/mol. The zero-order valence-electron chi connectivity index (χ0n) is 19.7. The summed E-state index contributed by atoms with van der Waals surface area (Å²) in [5.74, 6) is 2.71. The number of benzene rings is 2. The molecule has 4 unspecified atom stereocenters. The van der Waals surface area contributed by atoms with Crippen LogP contribution in [-0.4, -0.2) is 65.8 Å². The second-order valence-electron chi connectivity index (χ2n) is 10.7. The monoisotopic (exact) mass is 489 g/mol. The van der Waals surface area contributed by atoms with Gasteiger partial charge in [0, 0.05) is 75.3 Å². The number of anilines is 2. The third-order valence-corrected chi connectivity index (χ3v) is 10.3. The van der Waals surface area contributed by atoms with Crippen molar-refractivity contribution in [3.05, 3.63) is 54.7 Å². The average Bonchev–Trinajstić information content (AvgIpc) is 3.64. The van der Waals surface area contributed by atoms with E-state index in [2.05, 4.69) is 37.6 Å². The topological polar surface area (TPSA) is 77.6 Å². The fourth-order valence-electron chi connectivity index (χ4n) is 6.56. The molecule has 2 aromatic carbocycles. The smallest absolute Gasteiger partial charge is 0.208 e. The van der Waals surface area contributed by atoms with Crippen LogP contribution in [0.2, 0.25) is 0 Å². The predicted octanol–water partition coefficient (Wildman–Crippen LogP) is 2.38. The van der Waals surface area contributed by atoms with Gasteiger partial charge in [-0.25, -0.2) is 8.42 Å². The van der Waals surface area contributed by atoms with Crippen LogP contribution in [0.1, 0.15) is 0 Å². The molecule has 4 atom stereocenters. The molecule has 0 bridgehead atoms. The summed E-state index contributed by atoms with van der Waals surface area (Å²) < 4.78 is 27.3. The van der Waals surface area contributed by atoms with Gasteiger partial charge in [0.25, 0.3) is 0 Å². The second-order valence-corrected chi connectivity index (χ2v) is 12.7. The van der Waals surface area contributed by atoms with Crippen LogP contribution in [0.3, 0.4) is 0 Å². The van der Waals surface area contributed by atoms with Crippen molar-refractivity contribution < 1.29 is 8.42 Å². The molecule has 4 fully saturated rings. The number of hydrogen-bond acceptors (Lipinski definition) is 7. The maximum Gasteiger partial charge on any atom is 0.208 e. The van der Waals surface area contributed by atoms with Crippen molar-refractivity contribution in [3.63, 3.8) is 0 Å². The Morgan fingerprint density at radius 2 is 1.31 bits per heavy atom. The van der Waals surface area contributed by atoms with Gasteiger partial charge in [-0.1, -0.05) is 6.07 Å². The quantitative estimate of drug-likeness (QED) is 0.583. The van der Waals surface area contributed by atoms with E-state index in [9.17, 15) is 8.42 Å². The summed E-state index contributed by atoms with van der Waals surface area (Å²) in [6, 6.07) is 15.4. The molecule has 8 heteroatoms. The molecule has 0 amide bonds. The van der Waals surface area contributed by atoms with E-state index in [1.54, 1.807) is 12.1 Å². The van der Waals surface area contributed by atoms with Gasteiger partial charge < -0.3 is 20.4 Å². The summed E-state index contributed by atoms with van der Waals surface area (Å²) in [5.41, 5.74) is 2.96. The number of rotatable bonds is 4. The third kappa shape index (κ3) is 3.70. The first-order valence-corrected chi connectivity index (χ1v) is 14.2. The molecule has 182 valence electrons. The zero-order valence-corrected chi connectivity index (χ0v) is 20.5. The van der Waals surface area contributed by atoms with Gasteiger partial charge in [-0.3, -0.25) is 4.98 Å². The number of aromatic nitrogens is 1. The van der Waals surface area contributed by atoms with Gasteiger partial charge >= 0.3 is 0 Å². The first-order chi connectivity index (χ1) is 17.0. The maximum atomic E-state index is 13.6. The molecule has 0 aliphatic carbocycles. The maximum absolute atomic E-state index is 13.6. The molecule has 2 N–H and O–H groups in total. The minimum atomic E-state index is -3.67. The van der Waals surface area contributed by atoms with Crippen molar-refractivity contribution in [2.75, 3.05) is 62.2 Å². The highest BCUT2D eigenvalue weighted by molar-refractivity contribution is 7.91. The Balaban J connectivity index is 1.18. The van der Waals surface area contributed by atoms with Gasteiger partial charge in [0.05, 0.1) is 15.3 Å². The Labute approximate surface area is 206 Å². The van der Waals surface area contributed by atoms with Crippen molar-refractivity contribution in [1.82, 2.24) is 15.6 Å². The van der Waals surface area contributed by atoms with Crippen LogP contribution in [0.5, 0.6) is 0 Å². The minimum absolute atomic E-state index is 0.254. The summed E-state index contributed by atoms with van der Waals surface area (Å²) >= 11 is 0. The Morgan fingerprint density at radius 1 is 0.714 bits per heavy atom. The second kappa shape index (κ2) is 8.18. The van der Waals surface area contributed by atoms with E-state index in [4.69, 9.17) is 0 Å². The lowest BCUT2D eigenvalue weighted by atomic mass is 10.0. The number of fused-ring (bicyclic) bond motifs is 3. The van der Waals surface area contributed by atoms with Crippen LogP contribution >= 0.6 is 0 Å². The fraction of sp³-hybridized carbons (Fsp3) is 0.444. The van der Waals surface area contributed by atoms with E-state index < -0.39 is 9.84 Å². The van der Waals surface area contributed by atoms with Crippen LogP contribution in [0, 0.1) is 23.7 Å². The molecular formula is C27H31N5O2S. The molecule has 0 saturated carbocycles. The lowest BCUT2D eigenvalue weighted by molar-refractivity contribution is 0.533. The third-order valence-electron chi connectivity index (χ3n) is 8.59. The lowest BCUT2D eigenvalue weighted by Crippen LogP contribution is -2.25. The van der Waals surface area contributed by atoms with Crippen molar-refractivity contribution in [2.24, 2.45) is 23.7 Å². The zero-order chi connectivity index (χ0) is 23.6. The molecule has 5 heterocycles. The van der Waals surface area contributed by atoms with Crippen molar-refractivity contribution >= 4 is 32.1 Å². The van der Waals surface area contributed by atoms with E-state index >= 15 is 0 Å². The molecule has 7 rings (SSSR count). The van der Waals surface area contributed by atoms with E-state index in [-0.39, 0.29) is 4.90 Å². The van der Waals surface area contributed by atoms with Crippen LogP contribution in [0.4, 0.5) is 11.4 Å². The van der Waals surface area contributed by atoms with Crippen LogP contribution in [0.15, 0.2) is 64.5 Å². The van der Waals surface area contributed by atoms with E-state index in [1.165, 1.54) is 6.20 Å². The molecule has 4 aliphatic rings. The van der Waals surface area contributed by atoms with E-state index in [0.29, 0.717) is 28.6 Å². The highest BCUT2D eigenvalue weighted by atomic mass is 32.2. The number of nitrogens with one attached hydrogen (secondary N) is 2. The van der Waals surface area contributed by atoms with Crippen molar-refractivity contribution in [3.8, 4) is 0 Å². The largest absolute Gasteiger partial charge is 0.371 e. The highest BCUT2D eigenvalue weighted by Crippen LogP contribution is 2.34. The van der Waals surface area contributed by atoms with Crippen LogP contribution in [0.25, 0.3) is 10.9 Å². The number of hydrogen-bond donors (Lipinski definition) is 2. The average molecular weight is 490 g/mol. The van der Waals surface area contributed by atoms with Gasteiger partial charge in [-0.05, 0) is 66.1 Å². The Kier molecular flexibility index (Phi) is 5.05. The van der Waals surface area contributed by atoms with Gasteiger partial charge in [0.1, 0.15) is 0 Å². The first kappa shape index (κ1) is 21.6. The molecule has 7 nitrogen and oxygen atoms in total. The molecule has 4 saturated heterocycles. The highest BCUT2D eigenvalue weighted by Gasteiger charge is 2.37. The van der Waals surface area contributed by atoms with Gasteiger partial charge in [-0.15, -0.1) is 0 Å². The molecule has 0 spiro atoms. The number of sulfone groups is 1. The summed E-state index contributed by atoms with van der Waals surface area (Å²) in [5, 5.41) is 7.82. The Bertz CT molecular complexity index is 1370. The molecule has 1 aromatic heterocycles. The van der Waals surface area contributed by atoms with Crippen LogP contribution in [-0.2, 0) is 9.84 Å². The van der Waals surface area contributed by atoms with Gasteiger partial charge in [0.2, 0.25) is 9.84 Å². The van der Waals surface area contributed by atoms with Crippen LogP contribution < -0.4 is 20.4 Å². The van der Waals surface area contributed by atoms with Gasteiger partial charge in [-0.2, -0.15) is 0 Å². The minimum Gasteiger partial charge on any atom is -0.371 e. The molecule has 0 radical (unpaired) electrons. The summed E-state index contributed by atoms with van der Waals surface area (Å²) in [6.45, 7) is 8.36. The SMILES string of the molecule is O=S(=O)(c1cccc(N2CC3CNCC3C2)c1)c1cnc2ccc(N3CC4CNCC4C3)cc2c1. The number of nitrogens with zero attached hydrogens (tertiary/aromatic N) is 3. The molecule has 4 aliphatic heterocycles. The Hall–Kier alpha value is -2.68. The van der Waals surface area contributed by atoms with Crippen molar-refractivity contribution in [2.45, 2.75) is 9.79 Å². The fourth-order valence-corrected chi connectivity index (χ4v) is 7.84. The predicted molar refractivity (Wildman–Crippen MR) is 138 cm³/mol. The van der Waals surface area contributed by atoms with Gasteiger partial charge in [0.15, 0.2) is 0 Å². The Morgan fingerprint density at radius 3 is 1.94 bits per heavy atom. The summed E-state index contributed by atoms with van der Waals surface area (Å²) in [7, 11) is -3.67.